The number of rotatable bonds is 4. The third kappa shape index (κ3) is 3.44. The average molecular weight is 275 g/mol. The average Bonchev–Trinajstić information content (AvgIpc) is 2.66. The third-order valence-corrected chi connectivity index (χ3v) is 4.12. The zero-order valence-corrected chi connectivity index (χ0v) is 11.8. The molecule has 2 heterocycles. The Kier molecular flexibility index (Phi) is 5.43. The molecule has 2 rings (SSSR count). The van der Waals surface area contributed by atoms with Crippen LogP contribution in [0.5, 0.6) is 0 Å². The number of halogens is 1. The Morgan fingerprint density at radius 1 is 1.65 bits per heavy atom. The number of nitrogens with zero attached hydrogens (tertiary/aromatic N) is 1. The highest BCUT2D eigenvalue weighted by Crippen LogP contribution is 2.19. The van der Waals surface area contributed by atoms with Crippen LogP contribution in [0.4, 0.5) is 0 Å². The maximum Gasteiger partial charge on any atom is 0.225 e. The Morgan fingerprint density at radius 3 is 2.82 bits per heavy atom. The molecular formula is C12H19ClN2OS. The lowest BCUT2D eigenvalue weighted by Gasteiger charge is -2.33. The lowest BCUT2D eigenvalue weighted by Crippen LogP contribution is -2.49. The van der Waals surface area contributed by atoms with Gasteiger partial charge in [0, 0.05) is 17.8 Å². The first-order valence-corrected chi connectivity index (χ1v) is 6.54. The number of carbonyl (C=O) groups is 1. The molecule has 1 unspecified atom stereocenters. The van der Waals surface area contributed by atoms with Crippen LogP contribution >= 0.6 is 23.7 Å². The fourth-order valence-corrected chi connectivity index (χ4v) is 2.69. The number of hydrogen-bond donors (Lipinski definition) is 1. The molecule has 1 saturated heterocycles. The van der Waals surface area contributed by atoms with Gasteiger partial charge in [0.25, 0.3) is 0 Å². The lowest BCUT2D eigenvalue weighted by atomic mass is 9.88. The van der Waals surface area contributed by atoms with Gasteiger partial charge in [0.05, 0.1) is 6.54 Å². The van der Waals surface area contributed by atoms with E-state index >= 15 is 0 Å². The van der Waals surface area contributed by atoms with Gasteiger partial charge >= 0.3 is 0 Å². The summed E-state index contributed by atoms with van der Waals surface area (Å²) in [7, 11) is 1.89. The van der Waals surface area contributed by atoms with Crippen molar-refractivity contribution in [2.45, 2.75) is 13.5 Å². The second kappa shape index (κ2) is 6.38. The minimum Gasteiger partial charge on any atom is -0.340 e. The number of nitrogens with one attached hydrogen (secondary N) is 1. The molecule has 5 heteroatoms. The molecule has 0 aromatic carbocycles. The van der Waals surface area contributed by atoms with Crippen LogP contribution < -0.4 is 5.32 Å². The molecule has 1 aromatic heterocycles. The van der Waals surface area contributed by atoms with E-state index in [1.165, 1.54) is 4.88 Å². The summed E-state index contributed by atoms with van der Waals surface area (Å²) in [5.41, 5.74) is 0. The summed E-state index contributed by atoms with van der Waals surface area (Å²) in [4.78, 5) is 15.2. The van der Waals surface area contributed by atoms with Gasteiger partial charge < -0.3 is 10.2 Å². The summed E-state index contributed by atoms with van der Waals surface area (Å²) in [5.74, 6) is 0.935. The van der Waals surface area contributed by atoms with Gasteiger partial charge in [-0.05, 0) is 30.5 Å². The topological polar surface area (TPSA) is 32.3 Å². The van der Waals surface area contributed by atoms with E-state index in [2.05, 4.69) is 11.4 Å². The molecule has 1 aliphatic rings. The van der Waals surface area contributed by atoms with Gasteiger partial charge in [0.1, 0.15) is 0 Å². The van der Waals surface area contributed by atoms with E-state index in [4.69, 9.17) is 0 Å². The molecule has 0 radical (unpaired) electrons. The number of amides is 1. The fraction of sp³-hybridized carbons (Fsp3) is 0.583. The highest BCUT2D eigenvalue weighted by molar-refractivity contribution is 7.09. The number of carbonyl (C=O) groups excluding carboxylic acids is 1. The molecule has 1 N–H and O–H groups in total. The highest BCUT2D eigenvalue weighted by atomic mass is 35.5. The smallest absolute Gasteiger partial charge is 0.225 e. The predicted octanol–water partition coefficient (Wildman–Crippen LogP) is 1.98. The summed E-state index contributed by atoms with van der Waals surface area (Å²) >= 11 is 1.70. The summed E-state index contributed by atoms with van der Waals surface area (Å²) in [6.07, 6.45) is 0. The Bertz CT molecular complexity index is 351. The van der Waals surface area contributed by atoms with Crippen LogP contribution in [0.15, 0.2) is 17.5 Å². The van der Waals surface area contributed by atoms with Crippen LogP contribution in [0.1, 0.15) is 11.8 Å². The van der Waals surface area contributed by atoms with Crippen molar-refractivity contribution in [1.29, 1.82) is 0 Å². The van der Waals surface area contributed by atoms with Gasteiger partial charge in [-0.1, -0.05) is 13.0 Å². The van der Waals surface area contributed by atoms with Crippen molar-refractivity contribution in [1.82, 2.24) is 10.2 Å². The summed E-state index contributed by atoms with van der Waals surface area (Å²) in [5, 5.41) is 5.26. The Hall–Kier alpha value is -0.580. The van der Waals surface area contributed by atoms with Gasteiger partial charge in [-0.15, -0.1) is 23.7 Å². The van der Waals surface area contributed by atoms with E-state index in [1.54, 1.807) is 11.3 Å². The van der Waals surface area contributed by atoms with Crippen LogP contribution in [-0.4, -0.2) is 30.9 Å². The van der Waals surface area contributed by atoms with E-state index in [9.17, 15) is 4.79 Å². The number of thiophene rings is 1. The Labute approximate surface area is 113 Å². The van der Waals surface area contributed by atoms with Gasteiger partial charge in [0.2, 0.25) is 5.91 Å². The monoisotopic (exact) mass is 274 g/mol. The van der Waals surface area contributed by atoms with Gasteiger partial charge in [-0.2, -0.15) is 0 Å². The van der Waals surface area contributed by atoms with Crippen LogP contribution in [-0.2, 0) is 11.3 Å². The molecule has 17 heavy (non-hydrogen) atoms. The van der Waals surface area contributed by atoms with Gasteiger partial charge in [-0.3, -0.25) is 4.79 Å². The molecule has 0 bridgehead atoms. The molecule has 1 aliphatic heterocycles. The van der Waals surface area contributed by atoms with Crippen molar-refractivity contribution in [3.63, 3.8) is 0 Å². The molecule has 1 aromatic rings. The van der Waals surface area contributed by atoms with Crippen molar-refractivity contribution in [3.8, 4) is 0 Å². The summed E-state index contributed by atoms with van der Waals surface area (Å²) < 4.78 is 0. The van der Waals surface area contributed by atoms with E-state index in [1.807, 2.05) is 30.3 Å². The zero-order chi connectivity index (χ0) is 11.5. The van der Waals surface area contributed by atoms with E-state index in [0.29, 0.717) is 5.92 Å². The van der Waals surface area contributed by atoms with Gasteiger partial charge in [-0.25, -0.2) is 0 Å². The van der Waals surface area contributed by atoms with Crippen molar-refractivity contribution < 1.29 is 4.79 Å². The predicted molar refractivity (Wildman–Crippen MR) is 73.6 cm³/mol. The van der Waals surface area contributed by atoms with Crippen LogP contribution in [0.3, 0.4) is 0 Å². The molecule has 3 nitrogen and oxygen atoms in total. The zero-order valence-electron chi connectivity index (χ0n) is 10.2. The lowest BCUT2D eigenvalue weighted by molar-refractivity contribution is -0.136. The van der Waals surface area contributed by atoms with Crippen molar-refractivity contribution >= 4 is 29.7 Å². The first-order valence-electron chi connectivity index (χ1n) is 5.66. The fourth-order valence-electron chi connectivity index (χ4n) is 1.93. The number of hydrogen-bond acceptors (Lipinski definition) is 3. The second-order valence-electron chi connectivity index (χ2n) is 4.48. The maximum atomic E-state index is 12.1. The first kappa shape index (κ1) is 14.5. The van der Waals surface area contributed by atoms with Crippen molar-refractivity contribution in [2.24, 2.45) is 11.8 Å². The highest BCUT2D eigenvalue weighted by Gasteiger charge is 2.30. The second-order valence-corrected chi connectivity index (χ2v) is 5.51. The molecule has 1 amide bonds. The molecule has 96 valence electrons. The summed E-state index contributed by atoms with van der Waals surface area (Å²) in [6, 6.07) is 4.10. The molecule has 0 spiro atoms. The first-order chi connectivity index (χ1) is 7.68. The maximum absolute atomic E-state index is 12.1. The Balaban J connectivity index is 0.00000144. The SMILES string of the molecule is CC(C(=O)N(C)Cc1cccs1)C1CNC1.Cl. The quantitative estimate of drug-likeness (QED) is 0.911. The van der Waals surface area contributed by atoms with Crippen LogP contribution in [0, 0.1) is 11.8 Å². The standard InChI is InChI=1S/C12H18N2OS.ClH/c1-9(10-6-13-7-10)12(15)14(2)8-11-4-3-5-16-11;/h3-5,9-10,13H,6-8H2,1-2H3;1H. The molecule has 1 atom stereocenters. The minimum atomic E-state index is 0. The third-order valence-electron chi connectivity index (χ3n) is 3.26. The van der Waals surface area contributed by atoms with Crippen LogP contribution in [0.2, 0.25) is 0 Å². The van der Waals surface area contributed by atoms with E-state index in [0.717, 1.165) is 19.6 Å². The molecular weight excluding hydrogens is 256 g/mol. The Morgan fingerprint density at radius 2 is 2.35 bits per heavy atom. The molecule has 0 aliphatic carbocycles. The van der Waals surface area contributed by atoms with Crippen molar-refractivity contribution in [2.75, 3.05) is 20.1 Å². The summed E-state index contributed by atoms with van der Waals surface area (Å²) in [6.45, 7) is 4.75. The minimum absolute atomic E-state index is 0. The van der Waals surface area contributed by atoms with Crippen molar-refractivity contribution in [3.05, 3.63) is 22.4 Å². The molecule has 0 saturated carbocycles. The van der Waals surface area contributed by atoms with Crippen LogP contribution in [0.25, 0.3) is 0 Å². The van der Waals surface area contributed by atoms with E-state index < -0.39 is 0 Å². The molecule has 1 fully saturated rings. The largest absolute Gasteiger partial charge is 0.340 e. The van der Waals surface area contributed by atoms with E-state index in [-0.39, 0.29) is 24.2 Å². The normalized spacial score (nSPS) is 16.8. The van der Waals surface area contributed by atoms with Gasteiger partial charge in [0.15, 0.2) is 0 Å².